The van der Waals surface area contributed by atoms with E-state index in [-0.39, 0.29) is 12.1 Å². The van der Waals surface area contributed by atoms with Gasteiger partial charge in [0.25, 0.3) is 0 Å². The molecular formula is C14H28N2O2. The Morgan fingerprint density at radius 1 is 1.28 bits per heavy atom. The normalized spacial score (nSPS) is 22.7. The van der Waals surface area contributed by atoms with Gasteiger partial charge in [-0.2, -0.15) is 0 Å². The molecule has 0 aliphatic carbocycles. The van der Waals surface area contributed by atoms with Crippen molar-refractivity contribution >= 4 is 6.09 Å². The van der Waals surface area contributed by atoms with Crippen LogP contribution in [0.3, 0.4) is 0 Å². The zero-order chi connectivity index (χ0) is 13.8. The number of amides is 1. The Labute approximate surface area is 111 Å². The molecule has 1 N–H and O–H groups in total. The Balaban J connectivity index is 2.37. The van der Waals surface area contributed by atoms with E-state index in [1.54, 1.807) is 0 Å². The second kappa shape index (κ2) is 6.41. The van der Waals surface area contributed by atoms with Gasteiger partial charge in [-0.25, -0.2) is 4.79 Å². The van der Waals surface area contributed by atoms with E-state index in [2.05, 4.69) is 24.1 Å². The van der Waals surface area contributed by atoms with Crippen molar-refractivity contribution in [1.82, 2.24) is 10.2 Å². The maximum Gasteiger partial charge on any atom is 0.407 e. The van der Waals surface area contributed by atoms with Gasteiger partial charge in [0.1, 0.15) is 5.60 Å². The van der Waals surface area contributed by atoms with Crippen molar-refractivity contribution in [2.24, 2.45) is 0 Å². The SMILES string of the molecule is CC(C)N1CCCC(NC(=O)OC(C)(C)C)CC1. The van der Waals surface area contributed by atoms with Crippen LogP contribution in [0, 0.1) is 0 Å². The summed E-state index contributed by atoms with van der Waals surface area (Å²) in [5.41, 5.74) is -0.418. The Morgan fingerprint density at radius 3 is 2.50 bits per heavy atom. The van der Waals surface area contributed by atoms with Crippen LogP contribution in [0.25, 0.3) is 0 Å². The minimum atomic E-state index is -0.418. The number of alkyl carbamates (subject to hydrolysis) is 1. The lowest BCUT2D eigenvalue weighted by Gasteiger charge is -2.25. The Hall–Kier alpha value is -0.770. The van der Waals surface area contributed by atoms with Gasteiger partial charge in [0.15, 0.2) is 0 Å². The molecule has 4 nitrogen and oxygen atoms in total. The molecule has 1 atom stereocenters. The van der Waals surface area contributed by atoms with Crippen molar-refractivity contribution in [3.8, 4) is 0 Å². The molecule has 1 rings (SSSR count). The minimum Gasteiger partial charge on any atom is -0.444 e. The first kappa shape index (κ1) is 15.3. The van der Waals surface area contributed by atoms with Crippen molar-refractivity contribution in [2.45, 2.75) is 71.6 Å². The standard InChI is InChI=1S/C14H28N2O2/c1-11(2)16-9-6-7-12(8-10-16)15-13(17)18-14(3,4)5/h11-12H,6-10H2,1-5H3,(H,15,17). The van der Waals surface area contributed by atoms with E-state index in [4.69, 9.17) is 4.74 Å². The molecule has 0 radical (unpaired) electrons. The molecule has 1 saturated heterocycles. The van der Waals surface area contributed by atoms with Gasteiger partial charge < -0.3 is 15.0 Å². The topological polar surface area (TPSA) is 41.6 Å². The molecular weight excluding hydrogens is 228 g/mol. The summed E-state index contributed by atoms with van der Waals surface area (Å²) in [4.78, 5) is 14.2. The number of hydrogen-bond donors (Lipinski definition) is 1. The fourth-order valence-electron chi connectivity index (χ4n) is 2.25. The number of hydrogen-bond acceptors (Lipinski definition) is 3. The summed E-state index contributed by atoms with van der Waals surface area (Å²) in [7, 11) is 0. The average Bonchev–Trinajstić information content (AvgIpc) is 2.40. The molecule has 4 heteroatoms. The number of nitrogens with one attached hydrogen (secondary N) is 1. The van der Waals surface area contributed by atoms with Crippen LogP contribution in [0.1, 0.15) is 53.9 Å². The second-order valence-corrected chi connectivity index (χ2v) is 6.40. The van der Waals surface area contributed by atoms with Crippen molar-refractivity contribution in [3.05, 3.63) is 0 Å². The lowest BCUT2D eigenvalue weighted by atomic mass is 10.1. The fourth-order valence-corrected chi connectivity index (χ4v) is 2.25. The van der Waals surface area contributed by atoms with E-state index in [9.17, 15) is 4.79 Å². The molecule has 0 saturated carbocycles. The molecule has 1 fully saturated rings. The predicted molar refractivity (Wildman–Crippen MR) is 73.7 cm³/mol. The van der Waals surface area contributed by atoms with Crippen molar-refractivity contribution in [2.75, 3.05) is 13.1 Å². The summed E-state index contributed by atoms with van der Waals surface area (Å²) >= 11 is 0. The van der Waals surface area contributed by atoms with Gasteiger partial charge in [-0.05, 0) is 60.4 Å². The van der Waals surface area contributed by atoms with Crippen molar-refractivity contribution in [1.29, 1.82) is 0 Å². The third-order valence-corrected chi connectivity index (χ3v) is 3.21. The van der Waals surface area contributed by atoms with E-state index in [1.807, 2.05) is 20.8 Å². The zero-order valence-corrected chi connectivity index (χ0v) is 12.5. The highest BCUT2D eigenvalue weighted by atomic mass is 16.6. The maximum absolute atomic E-state index is 11.7. The van der Waals surface area contributed by atoms with E-state index in [0.29, 0.717) is 6.04 Å². The van der Waals surface area contributed by atoms with Crippen LogP contribution >= 0.6 is 0 Å². The summed E-state index contributed by atoms with van der Waals surface area (Å²) in [6.45, 7) is 12.3. The molecule has 1 amide bonds. The number of carbonyl (C=O) groups is 1. The first-order valence-corrected chi connectivity index (χ1v) is 7.01. The van der Waals surface area contributed by atoms with Crippen LogP contribution in [-0.2, 0) is 4.74 Å². The number of likely N-dealkylation sites (tertiary alicyclic amines) is 1. The molecule has 0 spiro atoms. The smallest absolute Gasteiger partial charge is 0.407 e. The van der Waals surface area contributed by atoms with E-state index in [1.165, 1.54) is 0 Å². The summed E-state index contributed by atoms with van der Waals surface area (Å²) < 4.78 is 5.29. The molecule has 1 heterocycles. The van der Waals surface area contributed by atoms with Gasteiger partial charge in [0, 0.05) is 18.6 Å². The van der Waals surface area contributed by atoms with Gasteiger partial charge in [-0.15, -0.1) is 0 Å². The van der Waals surface area contributed by atoms with Crippen LogP contribution in [0.5, 0.6) is 0 Å². The van der Waals surface area contributed by atoms with E-state index < -0.39 is 5.60 Å². The van der Waals surface area contributed by atoms with Crippen molar-refractivity contribution in [3.63, 3.8) is 0 Å². The molecule has 1 aliphatic rings. The van der Waals surface area contributed by atoms with Crippen LogP contribution < -0.4 is 5.32 Å². The zero-order valence-electron chi connectivity index (χ0n) is 12.5. The van der Waals surface area contributed by atoms with Crippen molar-refractivity contribution < 1.29 is 9.53 Å². The van der Waals surface area contributed by atoms with E-state index >= 15 is 0 Å². The largest absolute Gasteiger partial charge is 0.444 e. The highest BCUT2D eigenvalue weighted by Gasteiger charge is 2.22. The molecule has 0 aromatic heterocycles. The first-order valence-electron chi connectivity index (χ1n) is 7.01. The number of carbonyl (C=O) groups excluding carboxylic acids is 1. The van der Waals surface area contributed by atoms with Crippen LogP contribution in [0.15, 0.2) is 0 Å². The van der Waals surface area contributed by atoms with Gasteiger partial charge in [0.2, 0.25) is 0 Å². The molecule has 106 valence electrons. The number of rotatable bonds is 2. The molecule has 0 aromatic rings. The van der Waals surface area contributed by atoms with Crippen LogP contribution in [0.4, 0.5) is 4.79 Å². The second-order valence-electron chi connectivity index (χ2n) is 6.40. The first-order chi connectivity index (χ1) is 8.28. The molecule has 18 heavy (non-hydrogen) atoms. The molecule has 1 aliphatic heterocycles. The third-order valence-electron chi connectivity index (χ3n) is 3.21. The summed E-state index contributed by atoms with van der Waals surface area (Å²) in [5.74, 6) is 0. The summed E-state index contributed by atoms with van der Waals surface area (Å²) in [5, 5.41) is 2.99. The van der Waals surface area contributed by atoms with E-state index in [0.717, 1.165) is 32.4 Å². The Morgan fingerprint density at radius 2 is 1.94 bits per heavy atom. The highest BCUT2D eigenvalue weighted by Crippen LogP contribution is 2.14. The highest BCUT2D eigenvalue weighted by molar-refractivity contribution is 5.68. The molecule has 1 unspecified atom stereocenters. The lowest BCUT2D eigenvalue weighted by Crippen LogP contribution is -2.40. The minimum absolute atomic E-state index is 0.253. The number of ether oxygens (including phenoxy) is 1. The van der Waals surface area contributed by atoms with Gasteiger partial charge in [-0.1, -0.05) is 0 Å². The Bertz CT molecular complexity index is 271. The summed E-state index contributed by atoms with van der Waals surface area (Å²) in [6, 6.07) is 0.842. The van der Waals surface area contributed by atoms with Crippen LogP contribution in [0.2, 0.25) is 0 Å². The lowest BCUT2D eigenvalue weighted by molar-refractivity contribution is 0.0499. The monoisotopic (exact) mass is 256 g/mol. The summed E-state index contributed by atoms with van der Waals surface area (Å²) in [6.07, 6.45) is 2.91. The van der Waals surface area contributed by atoms with Gasteiger partial charge in [-0.3, -0.25) is 0 Å². The number of nitrogens with zero attached hydrogens (tertiary/aromatic N) is 1. The Kier molecular flexibility index (Phi) is 5.45. The third kappa shape index (κ3) is 5.71. The van der Waals surface area contributed by atoms with Crippen LogP contribution in [-0.4, -0.2) is 41.8 Å². The molecule has 0 bridgehead atoms. The quantitative estimate of drug-likeness (QED) is 0.826. The average molecular weight is 256 g/mol. The maximum atomic E-state index is 11.7. The molecule has 0 aromatic carbocycles. The van der Waals surface area contributed by atoms with Gasteiger partial charge >= 0.3 is 6.09 Å². The van der Waals surface area contributed by atoms with Gasteiger partial charge in [0.05, 0.1) is 0 Å². The predicted octanol–water partition coefficient (Wildman–Crippen LogP) is 2.77. The fraction of sp³-hybridized carbons (Fsp3) is 0.929.